The number of nitrogens with zero attached hydrogens (tertiary/aromatic N) is 3. The van der Waals surface area contributed by atoms with Crippen LogP contribution in [0.5, 0.6) is 11.5 Å². The summed E-state index contributed by atoms with van der Waals surface area (Å²) >= 11 is 17.0. The molecule has 0 aliphatic rings. The Kier molecular flexibility index (Phi) is 12.2. The Bertz CT molecular complexity index is 1700. The number of H-pyrrole nitrogens is 1. The van der Waals surface area contributed by atoms with Gasteiger partial charge in [0.15, 0.2) is 0 Å². The van der Waals surface area contributed by atoms with Gasteiger partial charge in [-0.1, -0.05) is 56.1 Å². The van der Waals surface area contributed by atoms with Gasteiger partial charge in [-0.2, -0.15) is 10.2 Å². The van der Waals surface area contributed by atoms with E-state index in [9.17, 15) is 0 Å². The normalized spacial score (nSPS) is 10.5. The number of rotatable bonds is 5. The molecule has 0 aliphatic carbocycles. The van der Waals surface area contributed by atoms with Crippen molar-refractivity contribution in [2.75, 3.05) is 14.2 Å². The molecule has 2 heterocycles. The van der Waals surface area contributed by atoms with E-state index in [2.05, 4.69) is 117 Å². The molecule has 41 heavy (non-hydrogen) atoms. The van der Waals surface area contributed by atoms with E-state index in [4.69, 9.17) is 21.1 Å². The lowest BCUT2D eigenvalue weighted by atomic mass is 10.2. The van der Waals surface area contributed by atoms with Crippen LogP contribution >= 0.6 is 88.6 Å². The summed E-state index contributed by atoms with van der Waals surface area (Å²) in [5, 5.41) is 14.0. The van der Waals surface area contributed by atoms with Crippen LogP contribution in [-0.4, -0.2) is 34.2 Å². The molecule has 1 N–H and O–H groups in total. The van der Waals surface area contributed by atoms with E-state index in [1.54, 1.807) is 14.2 Å². The van der Waals surface area contributed by atoms with E-state index < -0.39 is 0 Å². The zero-order valence-electron chi connectivity index (χ0n) is 22.0. The van der Waals surface area contributed by atoms with Crippen LogP contribution < -0.4 is 9.47 Å². The van der Waals surface area contributed by atoms with Crippen molar-refractivity contribution in [3.05, 3.63) is 112 Å². The van der Waals surface area contributed by atoms with Crippen molar-refractivity contribution in [3.8, 4) is 11.5 Å². The zero-order chi connectivity index (χ0) is 29.4. The molecule has 0 saturated heterocycles. The molecule has 6 aromatic rings. The summed E-state index contributed by atoms with van der Waals surface area (Å²) in [5.74, 6) is 2.30. The van der Waals surface area contributed by atoms with Crippen molar-refractivity contribution < 1.29 is 9.47 Å². The highest BCUT2D eigenvalue weighted by Gasteiger charge is 2.09. The van der Waals surface area contributed by atoms with Gasteiger partial charge in [0.05, 0.1) is 31.8 Å². The fourth-order valence-corrected chi connectivity index (χ4v) is 5.97. The van der Waals surface area contributed by atoms with Crippen molar-refractivity contribution in [2.45, 2.75) is 12.4 Å². The van der Waals surface area contributed by atoms with Crippen molar-refractivity contribution in [1.29, 1.82) is 0 Å². The molecule has 4 aromatic carbocycles. The van der Waals surface area contributed by atoms with Gasteiger partial charge in [0.2, 0.25) is 0 Å². The predicted octanol–water partition coefficient (Wildman–Crippen LogP) is 9.82. The molecule has 0 atom stereocenters. The summed E-state index contributed by atoms with van der Waals surface area (Å²) in [6.07, 6.45) is 0. The van der Waals surface area contributed by atoms with Crippen LogP contribution in [0.3, 0.4) is 0 Å². The Balaban J connectivity index is 0.000000156. The zero-order valence-corrected chi connectivity index (χ0v) is 30.3. The lowest BCUT2D eigenvalue weighted by Gasteiger charge is -2.05. The topological polar surface area (TPSA) is 65.0 Å². The molecule has 0 bridgehead atoms. The molecular weight excluding hydrogens is 897 g/mol. The second-order valence-corrected chi connectivity index (χ2v) is 12.8. The second-order valence-electron chi connectivity index (χ2n) is 8.64. The molecule has 0 spiro atoms. The Morgan fingerprint density at radius 1 is 0.780 bits per heavy atom. The number of benzene rings is 4. The highest BCUT2D eigenvalue weighted by atomic mass is 127. The number of halogens is 5. The number of aromatic nitrogens is 4. The fourth-order valence-electron chi connectivity index (χ4n) is 3.80. The first kappa shape index (κ1) is 32.1. The number of alkyl halides is 1. The van der Waals surface area contributed by atoms with Gasteiger partial charge in [0, 0.05) is 25.6 Å². The fraction of sp³-hybridized carbons (Fsp3) is 0.133. The summed E-state index contributed by atoms with van der Waals surface area (Å²) in [4.78, 5) is 0. The van der Waals surface area contributed by atoms with Gasteiger partial charge in [-0.15, -0.1) is 11.6 Å². The molecular formula is C30H25Br2ClI2N4O2. The Labute approximate surface area is 287 Å². The van der Waals surface area contributed by atoms with Crippen molar-refractivity contribution in [2.24, 2.45) is 0 Å². The molecule has 0 unspecified atom stereocenters. The van der Waals surface area contributed by atoms with Gasteiger partial charge in [-0.3, -0.25) is 9.78 Å². The molecule has 2 aromatic heterocycles. The maximum Gasteiger partial charge on any atom is 0.131 e. The van der Waals surface area contributed by atoms with Crippen LogP contribution in [0.2, 0.25) is 0 Å². The van der Waals surface area contributed by atoms with Crippen LogP contribution in [0, 0.1) is 7.40 Å². The lowest BCUT2D eigenvalue weighted by Crippen LogP contribution is -2.01. The van der Waals surface area contributed by atoms with Crippen LogP contribution in [0.25, 0.3) is 21.8 Å². The number of hydrogen-bond donors (Lipinski definition) is 1. The summed E-state index contributed by atoms with van der Waals surface area (Å²) in [6.45, 7) is 0.750. The number of ether oxygens (including phenoxy) is 2. The molecule has 6 nitrogen and oxygen atoms in total. The van der Waals surface area contributed by atoms with Gasteiger partial charge < -0.3 is 9.47 Å². The van der Waals surface area contributed by atoms with E-state index in [0.717, 1.165) is 51.0 Å². The Hall–Kier alpha value is -1.87. The minimum atomic E-state index is 0.560. The van der Waals surface area contributed by atoms with Crippen LogP contribution in [0.4, 0.5) is 0 Å². The average Bonchev–Trinajstić information content (AvgIpc) is 3.51. The second kappa shape index (κ2) is 15.6. The van der Waals surface area contributed by atoms with E-state index in [0.29, 0.717) is 5.88 Å². The van der Waals surface area contributed by atoms with Gasteiger partial charge >= 0.3 is 0 Å². The number of hydrogen-bond acceptors (Lipinski definition) is 4. The molecule has 0 radical (unpaired) electrons. The van der Waals surface area contributed by atoms with E-state index >= 15 is 0 Å². The number of fused-ring (bicyclic) bond motifs is 2. The third-order valence-electron chi connectivity index (χ3n) is 5.94. The van der Waals surface area contributed by atoms with Crippen LogP contribution in [0.15, 0.2) is 93.9 Å². The summed E-state index contributed by atoms with van der Waals surface area (Å²) in [6, 6.07) is 28.1. The van der Waals surface area contributed by atoms with E-state index in [1.807, 2.05) is 65.3 Å². The van der Waals surface area contributed by atoms with Crippen molar-refractivity contribution >= 4 is 110 Å². The molecule has 0 amide bonds. The molecule has 6 rings (SSSR count). The third kappa shape index (κ3) is 8.82. The van der Waals surface area contributed by atoms with Crippen LogP contribution in [0.1, 0.15) is 11.1 Å². The Morgan fingerprint density at radius 2 is 1.34 bits per heavy atom. The maximum absolute atomic E-state index is 5.58. The standard InChI is InChI=1S/C15H12BrIN2O.C8H9ClO.C7H4BrIN2/c1-20-12-5-2-10(3-6-12)9-19-14-8-11(16)4-7-13(14)15(17)18-19;1-10-8-4-2-7(6-9)3-5-8;8-4-1-2-5-6(3-4)10-11-7(5)9/h2-8H,9H2,1H3;2-5H,6H2,1H3;1-3H,(H,10,11). The highest BCUT2D eigenvalue weighted by molar-refractivity contribution is 14.1. The monoisotopic (exact) mass is 920 g/mol. The van der Waals surface area contributed by atoms with E-state index in [-0.39, 0.29) is 0 Å². The summed E-state index contributed by atoms with van der Waals surface area (Å²) in [7, 11) is 3.33. The Morgan fingerprint density at radius 3 is 1.93 bits per heavy atom. The van der Waals surface area contributed by atoms with Crippen molar-refractivity contribution in [1.82, 2.24) is 20.0 Å². The molecule has 212 valence electrons. The molecule has 0 saturated carbocycles. The summed E-state index contributed by atoms with van der Waals surface area (Å²) < 4.78 is 16.4. The molecule has 0 fully saturated rings. The van der Waals surface area contributed by atoms with Crippen LogP contribution in [-0.2, 0) is 12.4 Å². The first-order valence-corrected chi connectivity index (χ1v) is 16.5. The minimum Gasteiger partial charge on any atom is -0.497 e. The highest BCUT2D eigenvalue weighted by Crippen LogP contribution is 2.25. The van der Waals surface area contributed by atoms with Gasteiger partial charge in [-0.05, 0) is 117 Å². The number of methoxy groups -OCH3 is 2. The van der Waals surface area contributed by atoms with Gasteiger partial charge in [0.25, 0.3) is 0 Å². The number of nitrogens with one attached hydrogen (secondary N) is 1. The molecule has 11 heteroatoms. The minimum absolute atomic E-state index is 0.560. The maximum atomic E-state index is 5.58. The summed E-state index contributed by atoms with van der Waals surface area (Å²) in [5.41, 5.74) is 4.46. The average molecular weight is 923 g/mol. The quantitative estimate of drug-likeness (QED) is 0.138. The van der Waals surface area contributed by atoms with E-state index in [1.165, 1.54) is 16.3 Å². The third-order valence-corrected chi connectivity index (χ3v) is 8.86. The lowest BCUT2D eigenvalue weighted by molar-refractivity contribution is 0.414. The SMILES string of the molecule is Brc1ccc2c(I)[nH]nc2c1.COc1ccc(CCl)cc1.COc1ccc(Cn2nc(I)c3ccc(Br)cc32)cc1. The first-order valence-electron chi connectivity index (χ1n) is 12.2. The number of aromatic amines is 1. The largest absolute Gasteiger partial charge is 0.497 e. The van der Waals surface area contributed by atoms with Gasteiger partial charge in [-0.25, -0.2) is 0 Å². The first-order chi connectivity index (χ1) is 19.8. The predicted molar refractivity (Wildman–Crippen MR) is 191 cm³/mol. The van der Waals surface area contributed by atoms with Gasteiger partial charge in [0.1, 0.15) is 18.9 Å². The molecule has 0 aliphatic heterocycles. The van der Waals surface area contributed by atoms with Crippen molar-refractivity contribution in [3.63, 3.8) is 0 Å². The smallest absolute Gasteiger partial charge is 0.131 e.